The maximum atomic E-state index is 12.8. The fourth-order valence-electron chi connectivity index (χ4n) is 3.33. The zero-order valence-electron chi connectivity index (χ0n) is 13.9. The molecule has 1 atom stereocenters. The Morgan fingerprint density at radius 2 is 2.00 bits per heavy atom. The van der Waals surface area contributed by atoms with Crippen LogP contribution in [0.3, 0.4) is 0 Å². The van der Waals surface area contributed by atoms with E-state index in [1.54, 1.807) is 0 Å². The summed E-state index contributed by atoms with van der Waals surface area (Å²) in [5.41, 5.74) is -0.153. The van der Waals surface area contributed by atoms with E-state index in [9.17, 15) is 18.4 Å². The van der Waals surface area contributed by atoms with Crippen molar-refractivity contribution in [2.45, 2.75) is 31.5 Å². The quantitative estimate of drug-likeness (QED) is 0.829. The molecule has 0 aliphatic carbocycles. The van der Waals surface area contributed by atoms with Crippen molar-refractivity contribution < 1.29 is 22.6 Å². The van der Waals surface area contributed by atoms with Crippen LogP contribution in [0.2, 0.25) is 0 Å². The minimum atomic E-state index is -4.44. The van der Waals surface area contributed by atoms with Crippen LogP contribution in [0, 0.1) is 17.2 Å². The zero-order chi connectivity index (χ0) is 17.9. The lowest BCUT2D eigenvalue weighted by molar-refractivity contribution is -0.137. The summed E-state index contributed by atoms with van der Waals surface area (Å²) in [6.07, 6.45) is -1.62. The number of anilines is 1. The first-order valence-electron chi connectivity index (χ1n) is 8.53. The summed E-state index contributed by atoms with van der Waals surface area (Å²) in [4.78, 5) is 1.97. The third kappa shape index (κ3) is 4.44. The van der Waals surface area contributed by atoms with Crippen LogP contribution in [0.15, 0.2) is 18.2 Å². The van der Waals surface area contributed by atoms with Gasteiger partial charge in [-0.05, 0) is 37.5 Å². The Morgan fingerprint density at radius 1 is 1.24 bits per heavy atom. The van der Waals surface area contributed by atoms with E-state index in [4.69, 9.17) is 9.47 Å². The number of nitrogens with zero attached hydrogens (tertiary/aromatic N) is 2. The fourth-order valence-corrected chi connectivity index (χ4v) is 3.33. The minimum Gasteiger partial charge on any atom is -0.381 e. The van der Waals surface area contributed by atoms with Crippen molar-refractivity contribution in [2.24, 2.45) is 5.92 Å². The van der Waals surface area contributed by atoms with Gasteiger partial charge in [0.15, 0.2) is 0 Å². The second-order valence-electron chi connectivity index (χ2n) is 6.59. The third-order valence-electron chi connectivity index (χ3n) is 4.82. The predicted molar refractivity (Wildman–Crippen MR) is 86.3 cm³/mol. The van der Waals surface area contributed by atoms with Crippen molar-refractivity contribution in [3.05, 3.63) is 29.3 Å². The van der Waals surface area contributed by atoms with Gasteiger partial charge in [-0.1, -0.05) is 0 Å². The normalized spacial score (nSPS) is 22.2. The van der Waals surface area contributed by atoms with Gasteiger partial charge in [-0.2, -0.15) is 18.4 Å². The Kier molecular flexibility index (Phi) is 5.50. The smallest absolute Gasteiger partial charge is 0.381 e. The first-order chi connectivity index (χ1) is 12.0. The van der Waals surface area contributed by atoms with Crippen LogP contribution in [0.4, 0.5) is 18.9 Å². The zero-order valence-corrected chi connectivity index (χ0v) is 13.9. The first-order valence-corrected chi connectivity index (χ1v) is 8.53. The Labute approximate surface area is 145 Å². The van der Waals surface area contributed by atoms with Gasteiger partial charge < -0.3 is 14.4 Å². The van der Waals surface area contributed by atoms with Crippen LogP contribution in [0.25, 0.3) is 0 Å². The van der Waals surface area contributed by atoms with Crippen LogP contribution >= 0.6 is 0 Å². The molecular formula is C18H21F3N2O2. The van der Waals surface area contributed by atoms with Crippen molar-refractivity contribution in [1.82, 2.24) is 0 Å². The highest BCUT2D eigenvalue weighted by Crippen LogP contribution is 2.33. The maximum Gasteiger partial charge on any atom is 0.416 e. The standard InChI is InChI=1S/C18H21F3N2O2/c19-18(20,21)15-1-2-17(14(9-15)10-22)23-6-3-16(4-7-23)25-12-13-5-8-24-11-13/h1-2,9,13,16H,3-8,11-12H2. The molecule has 0 bridgehead atoms. The first kappa shape index (κ1) is 18.0. The summed E-state index contributed by atoms with van der Waals surface area (Å²) in [5, 5.41) is 9.22. The average Bonchev–Trinajstić information content (AvgIpc) is 3.12. The number of ether oxygens (including phenoxy) is 2. The SMILES string of the molecule is N#Cc1cc(C(F)(F)F)ccc1N1CCC(OCC2CCOC2)CC1. The number of piperidine rings is 1. The molecule has 0 spiro atoms. The molecule has 0 N–H and O–H groups in total. The summed E-state index contributed by atoms with van der Waals surface area (Å²) >= 11 is 0. The van der Waals surface area contributed by atoms with Crippen LogP contribution in [-0.4, -0.2) is 39.0 Å². The van der Waals surface area contributed by atoms with Gasteiger partial charge in [-0.15, -0.1) is 0 Å². The van der Waals surface area contributed by atoms with Gasteiger partial charge in [-0.25, -0.2) is 0 Å². The summed E-state index contributed by atoms with van der Waals surface area (Å²) in [7, 11) is 0. The lowest BCUT2D eigenvalue weighted by Crippen LogP contribution is -2.38. The van der Waals surface area contributed by atoms with Gasteiger partial charge in [0.05, 0.1) is 36.1 Å². The molecule has 2 saturated heterocycles. The molecule has 25 heavy (non-hydrogen) atoms. The molecule has 136 valence electrons. The molecule has 1 aromatic carbocycles. The molecule has 1 aromatic rings. The second kappa shape index (κ2) is 7.63. The van der Waals surface area contributed by atoms with Gasteiger partial charge >= 0.3 is 6.18 Å². The van der Waals surface area contributed by atoms with Crippen LogP contribution in [-0.2, 0) is 15.7 Å². The van der Waals surface area contributed by atoms with E-state index in [1.165, 1.54) is 6.07 Å². The number of rotatable bonds is 4. The summed E-state index contributed by atoms with van der Waals surface area (Å²) < 4.78 is 49.7. The van der Waals surface area contributed by atoms with Crippen molar-refractivity contribution in [2.75, 3.05) is 37.8 Å². The lowest BCUT2D eigenvalue weighted by atomic mass is 10.0. The average molecular weight is 354 g/mol. The van der Waals surface area contributed by atoms with Crippen molar-refractivity contribution >= 4 is 5.69 Å². The highest BCUT2D eigenvalue weighted by Gasteiger charge is 2.32. The van der Waals surface area contributed by atoms with Crippen molar-refractivity contribution in [3.63, 3.8) is 0 Å². The highest BCUT2D eigenvalue weighted by atomic mass is 19.4. The fraction of sp³-hybridized carbons (Fsp3) is 0.611. The van der Waals surface area contributed by atoms with E-state index < -0.39 is 11.7 Å². The molecular weight excluding hydrogens is 333 g/mol. The van der Waals surface area contributed by atoms with E-state index in [-0.39, 0.29) is 11.7 Å². The Bertz CT molecular complexity index is 628. The Morgan fingerprint density at radius 3 is 2.60 bits per heavy atom. The summed E-state index contributed by atoms with van der Waals surface area (Å²) in [6, 6.07) is 5.26. The number of nitriles is 1. The van der Waals surface area contributed by atoms with Gasteiger partial charge in [0.1, 0.15) is 6.07 Å². The molecule has 7 heteroatoms. The van der Waals surface area contributed by atoms with E-state index in [2.05, 4.69) is 0 Å². The topological polar surface area (TPSA) is 45.5 Å². The number of hydrogen-bond donors (Lipinski definition) is 0. The van der Waals surface area contributed by atoms with Gasteiger partial charge in [0.25, 0.3) is 0 Å². The summed E-state index contributed by atoms with van der Waals surface area (Å²) in [6.45, 7) is 3.61. The largest absolute Gasteiger partial charge is 0.416 e. The lowest BCUT2D eigenvalue weighted by Gasteiger charge is -2.34. The Balaban J connectivity index is 1.58. The molecule has 0 radical (unpaired) electrons. The number of benzene rings is 1. The van der Waals surface area contributed by atoms with Crippen molar-refractivity contribution in [1.29, 1.82) is 5.26 Å². The van der Waals surface area contributed by atoms with Crippen LogP contribution < -0.4 is 4.90 Å². The third-order valence-corrected chi connectivity index (χ3v) is 4.82. The van der Waals surface area contributed by atoms with E-state index in [0.717, 1.165) is 44.6 Å². The molecule has 0 saturated carbocycles. The number of hydrogen-bond acceptors (Lipinski definition) is 4. The van der Waals surface area contributed by atoms with Gasteiger partial charge in [-0.3, -0.25) is 0 Å². The Hall–Kier alpha value is -1.78. The van der Waals surface area contributed by atoms with Gasteiger partial charge in [0.2, 0.25) is 0 Å². The van der Waals surface area contributed by atoms with E-state index in [1.807, 2.05) is 11.0 Å². The van der Waals surface area contributed by atoms with E-state index >= 15 is 0 Å². The molecule has 2 heterocycles. The molecule has 4 nitrogen and oxygen atoms in total. The predicted octanol–water partition coefficient (Wildman–Crippen LogP) is 3.60. The maximum absolute atomic E-state index is 12.8. The molecule has 2 aliphatic heterocycles. The molecule has 2 aliphatic rings. The highest BCUT2D eigenvalue weighted by molar-refractivity contribution is 5.61. The van der Waals surface area contributed by atoms with Crippen molar-refractivity contribution in [3.8, 4) is 6.07 Å². The van der Waals surface area contributed by atoms with Crippen LogP contribution in [0.1, 0.15) is 30.4 Å². The molecule has 0 amide bonds. The number of halogens is 3. The molecule has 1 unspecified atom stereocenters. The van der Waals surface area contributed by atoms with Crippen LogP contribution in [0.5, 0.6) is 0 Å². The molecule has 3 rings (SSSR count). The second-order valence-corrected chi connectivity index (χ2v) is 6.59. The monoisotopic (exact) mass is 354 g/mol. The minimum absolute atomic E-state index is 0.0669. The summed E-state index contributed by atoms with van der Waals surface area (Å²) in [5.74, 6) is 0.470. The van der Waals surface area contributed by atoms with E-state index in [0.29, 0.717) is 31.3 Å². The molecule has 2 fully saturated rings. The van der Waals surface area contributed by atoms with Gasteiger partial charge in [0, 0.05) is 25.6 Å². The number of alkyl halides is 3. The molecule has 0 aromatic heterocycles.